The van der Waals surface area contributed by atoms with E-state index in [4.69, 9.17) is 4.74 Å². The van der Waals surface area contributed by atoms with Gasteiger partial charge in [-0.15, -0.1) is 23.5 Å². The molecule has 4 heteroatoms. The summed E-state index contributed by atoms with van der Waals surface area (Å²) < 4.78 is 6.34. The summed E-state index contributed by atoms with van der Waals surface area (Å²) in [5, 5.41) is 1.30. The standard InChI is InChI=1S/C25H23NOS2/c1-25(2,3)27-17-14-12-16(13-15-17)23-22(18-8-4-5-9-19(18)26-23)24-28-20-10-6-7-11-21(20)29-24/h4-15,24,26H,1-3H3. The predicted molar refractivity (Wildman–Crippen MR) is 125 cm³/mol. The fraction of sp³-hybridized carbons (Fsp3) is 0.200. The number of thioether (sulfide) groups is 2. The van der Waals surface area contributed by atoms with E-state index in [1.807, 2.05) is 23.5 Å². The molecule has 0 fully saturated rings. The molecule has 1 N–H and O–H groups in total. The van der Waals surface area contributed by atoms with Crippen molar-refractivity contribution in [3.8, 4) is 17.0 Å². The highest BCUT2D eigenvalue weighted by Crippen LogP contribution is 2.59. The summed E-state index contributed by atoms with van der Waals surface area (Å²) in [5.41, 5.74) is 4.75. The first-order valence-corrected chi connectivity index (χ1v) is 11.6. The lowest BCUT2D eigenvalue weighted by molar-refractivity contribution is 0.131. The Morgan fingerprint density at radius 3 is 2.07 bits per heavy atom. The Hall–Kier alpha value is -2.30. The van der Waals surface area contributed by atoms with Crippen LogP contribution in [0.3, 0.4) is 0 Å². The lowest BCUT2D eigenvalue weighted by Crippen LogP contribution is -2.22. The minimum atomic E-state index is -0.198. The Labute approximate surface area is 180 Å². The molecule has 1 aromatic heterocycles. The molecule has 0 atom stereocenters. The van der Waals surface area contributed by atoms with Gasteiger partial charge < -0.3 is 9.72 Å². The number of H-pyrrole nitrogens is 1. The van der Waals surface area contributed by atoms with Crippen LogP contribution in [-0.4, -0.2) is 10.6 Å². The van der Waals surface area contributed by atoms with Crippen LogP contribution in [0, 0.1) is 0 Å². The molecule has 0 spiro atoms. The van der Waals surface area contributed by atoms with E-state index >= 15 is 0 Å². The molecule has 0 amide bonds. The molecule has 0 saturated carbocycles. The number of ether oxygens (including phenoxy) is 1. The minimum Gasteiger partial charge on any atom is -0.488 e. The first kappa shape index (κ1) is 18.7. The molecule has 1 aliphatic heterocycles. The maximum Gasteiger partial charge on any atom is 0.120 e. The van der Waals surface area contributed by atoms with Gasteiger partial charge in [-0.05, 0) is 68.8 Å². The van der Waals surface area contributed by atoms with Crippen LogP contribution in [0.25, 0.3) is 22.2 Å². The molecule has 0 radical (unpaired) electrons. The summed E-state index contributed by atoms with van der Waals surface area (Å²) in [6.45, 7) is 6.22. The molecular weight excluding hydrogens is 394 g/mol. The van der Waals surface area contributed by atoms with Gasteiger partial charge in [-0.3, -0.25) is 0 Å². The summed E-state index contributed by atoms with van der Waals surface area (Å²) in [6.07, 6.45) is 0. The molecule has 0 aliphatic carbocycles. The fourth-order valence-electron chi connectivity index (χ4n) is 3.70. The van der Waals surface area contributed by atoms with Gasteiger partial charge in [0.25, 0.3) is 0 Å². The second kappa shape index (κ2) is 7.19. The van der Waals surface area contributed by atoms with E-state index in [-0.39, 0.29) is 5.60 Å². The van der Waals surface area contributed by atoms with Gasteiger partial charge in [0.05, 0.1) is 10.3 Å². The molecule has 0 unspecified atom stereocenters. The highest BCUT2D eigenvalue weighted by Gasteiger charge is 2.29. The van der Waals surface area contributed by atoms with Crippen LogP contribution in [0.2, 0.25) is 0 Å². The van der Waals surface area contributed by atoms with Crippen molar-refractivity contribution in [2.75, 3.05) is 0 Å². The van der Waals surface area contributed by atoms with Crippen molar-refractivity contribution < 1.29 is 4.74 Å². The number of benzene rings is 3. The van der Waals surface area contributed by atoms with E-state index < -0.39 is 0 Å². The number of nitrogens with one attached hydrogen (secondary N) is 1. The van der Waals surface area contributed by atoms with Crippen molar-refractivity contribution in [3.05, 3.63) is 78.4 Å². The molecule has 2 nitrogen and oxygen atoms in total. The number of para-hydroxylation sites is 1. The summed E-state index contributed by atoms with van der Waals surface area (Å²) in [6, 6.07) is 25.8. The summed E-state index contributed by atoms with van der Waals surface area (Å²) in [7, 11) is 0. The zero-order valence-corrected chi connectivity index (χ0v) is 18.4. The van der Waals surface area contributed by atoms with Crippen molar-refractivity contribution >= 4 is 34.4 Å². The van der Waals surface area contributed by atoms with E-state index in [2.05, 4.69) is 98.6 Å². The van der Waals surface area contributed by atoms with E-state index in [0.717, 1.165) is 5.75 Å². The van der Waals surface area contributed by atoms with Gasteiger partial charge in [0.15, 0.2) is 0 Å². The number of aromatic amines is 1. The molecule has 5 rings (SSSR count). The molecule has 4 aromatic rings. The molecule has 2 heterocycles. The highest BCUT2D eigenvalue weighted by atomic mass is 32.2. The average Bonchev–Trinajstić information content (AvgIpc) is 3.28. The smallest absolute Gasteiger partial charge is 0.120 e. The molecule has 0 saturated heterocycles. The van der Waals surface area contributed by atoms with E-state index in [0.29, 0.717) is 4.58 Å². The van der Waals surface area contributed by atoms with Crippen molar-refractivity contribution in [2.24, 2.45) is 0 Å². The van der Waals surface area contributed by atoms with Crippen LogP contribution in [0.15, 0.2) is 82.6 Å². The molecule has 3 aromatic carbocycles. The van der Waals surface area contributed by atoms with Crippen LogP contribution in [0.4, 0.5) is 0 Å². The van der Waals surface area contributed by atoms with Gasteiger partial charge in [0, 0.05) is 26.3 Å². The monoisotopic (exact) mass is 417 g/mol. The highest BCUT2D eigenvalue weighted by molar-refractivity contribution is 8.19. The van der Waals surface area contributed by atoms with E-state index in [9.17, 15) is 0 Å². The maximum absolute atomic E-state index is 6.01. The second-order valence-corrected chi connectivity index (χ2v) is 10.8. The lowest BCUT2D eigenvalue weighted by Gasteiger charge is -2.21. The van der Waals surface area contributed by atoms with Crippen molar-refractivity contribution in [1.82, 2.24) is 4.98 Å². The zero-order chi connectivity index (χ0) is 20.0. The van der Waals surface area contributed by atoms with Gasteiger partial charge in [-0.1, -0.05) is 30.3 Å². The molecule has 146 valence electrons. The van der Waals surface area contributed by atoms with Crippen molar-refractivity contribution in [3.63, 3.8) is 0 Å². The largest absolute Gasteiger partial charge is 0.488 e. The Morgan fingerprint density at radius 2 is 1.41 bits per heavy atom. The van der Waals surface area contributed by atoms with E-state index in [1.165, 1.54) is 37.5 Å². The number of fused-ring (bicyclic) bond motifs is 2. The molecule has 1 aliphatic rings. The predicted octanol–water partition coefficient (Wildman–Crippen LogP) is 7.91. The van der Waals surface area contributed by atoms with Crippen LogP contribution in [0.5, 0.6) is 5.75 Å². The van der Waals surface area contributed by atoms with Crippen molar-refractivity contribution in [2.45, 2.75) is 40.7 Å². The third-order valence-corrected chi connectivity index (χ3v) is 7.69. The maximum atomic E-state index is 6.01. The van der Waals surface area contributed by atoms with Crippen LogP contribution in [0.1, 0.15) is 30.9 Å². The summed E-state index contributed by atoms with van der Waals surface area (Å²) in [4.78, 5) is 6.42. The second-order valence-electron chi connectivity index (χ2n) is 8.21. The lowest BCUT2D eigenvalue weighted by atomic mass is 10.1. The van der Waals surface area contributed by atoms with Crippen LogP contribution >= 0.6 is 23.5 Å². The number of rotatable bonds is 3. The zero-order valence-electron chi connectivity index (χ0n) is 16.7. The number of hydrogen-bond acceptors (Lipinski definition) is 3. The average molecular weight is 418 g/mol. The first-order valence-electron chi connectivity index (χ1n) is 9.80. The normalized spacial score (nSPS) is 14.3. The fourth-order valence-corrected chi connectivity index (χ4v) is 6.67. The number of aromatic nitrogens is 1. The Kier molecular flexibility index (Phi) is 4.64. The van der Waals surface area contributed by atoms with Gasteiger partial charge in [-0.25, -0.2) is 0 Å². The van der Waals surface area contributed by atoms with Gasteiger partial charge in [-0.2, -0.15) is 0 Å². The van der Waals surface area contributed by atoms with E-state index in [1.54, 1.807) is 0 Å². The number of hydrogen-bond donors (Lipinski definition) is 1. The minimum absolute atomic E-state index is 0.198. The summed E-state index contributed by atoms with van der Waals surface area (Å²) >= 11 is 3.89. The quantitative estimate of drug-likeness (QED) is 0.366. The van der Waals surface area contributed by atoms with Crippen LogP contribution < -0.4 is 4.74 Å². The molecule has 0 bridgehead atoms. The first-order chi connectivity index (χ1) is 14.0. The SMILES string of the molecule is CC(C)(C)Oc1ccc(-c2[nH]c3ccccc3c2C2Sc3ccccc3S2)cc1. The van der Waals surface area contributed by atoms with Crippen molar-refractivity contribution in [1.29, 1.82) is 0 Å². The Bertz CT molecular complexity index is 1150. The van der Waals surface area contributed by atoms with Gasteiger partial charge >= 0.3 is 0 Å². The van der Waals surface area contributed by atoms with Gasteiger partial charge in [0.1, 0.15) is 11.4 Å². The third-order valence-electron chi connectivity index (χ3n) is 4.87. The van der Waals surface area contributed by atoms with Gasteiger partial charge in [0.2, 0.25) is 0 Å². The van der Waals surface area contributed by atoms with Crippen LogP contribution in [-0.2, 0) is 0 Å². The molecular formula is C25H23NOS2. The Balaban J connectivity index is 1.57. The molecule has 29 heavy (non-hydrogen) atoms. The topological polar surface area (TPSA) is 25.0 Å². The Morgan fingerprint density at radius 1 is 0.793 bits per heavy atom. The summed E-state index contributed by atoms with van der Waals surface area (Å²) in [5.74, 6) is 0.899. The third kappa shape index (κ3) is 3.67.